The minimum absolute atomic E-state index is 0.189. The van der Waals surface area contributed by atoms with Gasteiger partial charge >= 0.3 is 0 Å². The number of benzene rings is 2. The molecule has 1 amide bonds. The fraction of sp³-hybridized carbons (Fsp3) is 0.118. The molecule has 0 fully saturated rings. The molecule has 5 nitrogen and oxygen atoms in total. The maximum atomic E-state index is 12.5. The van der Waals surface area contributed by atoms with Crippen molar-refractivity contribution < 1.29 is 4.79 Å². The second-order valence-corrected chi connectivity index (χ2v) is 5.63. The predicted octanol–water partition coefficient (Wildman–Crippen LogP) is 3.07. The van der Waals surface area contributed by atoms with Crippen molar-refractivity contribution >= 4 is 28.3 Å². The number of rotatable bonds is 3. The number of hydrogen-bond donors (Lipinski definition) is 2. The Labute approximate surface area is 137 Å². The lowest BCUT2D eigenvalue weighted by Gasteiger charge is -2.14. The van der Waals surface area contributed by atoms with E-state index in [0.29, 0.717) is 15.8 Å². The number of aromatic nitrogens is 2. The van der Waals surface area contributed by atoms with Crippen molar-refractivity contribution in [2.45, 2.75) is 13.0 Å². The molecule has 116 valence electrons. The average Bonchev–Trinajstić information content (AvgIpc) is 2.55. The maximum Gasteiger partial charge on any atom is 0.272 e. The molecule has 1 heterocycles. The first-order valence-corrected chi connectivity index (χ1v) is 7.48. The van der Waals surface area contributed by atoms with Gasteiger partial charge in [0.1, 0.15) is 0 Å². The second-order valence-electron chi connectivity index (χ2n) is 5.20. The second kappa shape index (κ2) is 6.22. The Balaban J connectivity index is 1.92. The number of carbonyl (C=O) groups is 1. The molecular formula is C17H14ClN3O2. The molecule has 0 aliphatic carbocycles. The van der Waals surface area contributed by atoms with Gasteiger partial charge in [0.25, 0.3) is 11.5 Å². The molecule has 23 heavy (non-hydrogen) atoms. The van der Waals surface area contributed by atoms with Crippen molar-refractivity contribution in [2.24, 2.45) is 0 Å². The highest BCUT2D eigenvalue weighted by Crippen LogP contribution is 2.18. The molecule has 0 aliphatic heterocycles. The largest absolute Gasteiger partial charge is 0.344 e. The number of carbonyl (C=O) groups excluding carboxylic acids is 1. The molecule has 3 rings (SSSR count). The Kier molecular flexibility index (Phi) is 4.12. The highest BCUT2D eigenvalue weighted by molar-refractivity contribution is 6.30. The minimum Gasteiger partial charge on any atom is -0.344 e. The third-order valence-corrected chi connectivity index (χ3v) is 3.84. The van der Waals surface area contributed by atoms with Gasteiger partial charge in [-0.15, -0.1) is 0 Å². The lowest BCUT2D eigenvalue weighted by atomic mass is 10.1. The zero-order chi connectivity index (χ0) is 16.4. The molecule has 0 spiro atoms. The fourth-order valence-corrected chi connectivity index (χ4v) is 2.61. The molecule has 0 saturated carbocycles. The summed E-state index contributed by atoms with van der Waals surface area (Å²) in [6.07, 6.45) is 0. The van der Waals surface area contributed by atoms with Crippen LogP contribution < -0.4 is 10.9 Å². The lowest BCUT2D eigenvalue weighted by Crippen LogP contribution is -2.29. The number of hydrogen-bond acceptors (Lipinski definition) is 3. The molecule has 2 N–H and O–H groups in total. The highest BCUT2D eigenvalue weighted by Gasteiger charge is 2.16. The Hall–Kier alpha value is -2.66. The van der Waals surface area contributed by atoms with Crippen LogP contribution >= 0.6 is 11.6 Å². The zero-order valence-electron chi connectivity index (χ0n) is 12.3. The van der Waals surface area contributed by atoms with Crippen molar-refractivity contribution in [1.29, 1.82) is 0 Å². The summed E-state index contributed by atoms with van der Waals surface area (Å²) in [5, 5.41) is 10.7. The van der Waals surface area contributed by atoms with Crippen LogP contribution in [0.2, 0.25) is 5.02 Å². The van der Waals surface area contributed by atoms with Gasteiger partial charge < -0.3 is 5.32 Å². The summed E-state index contributed by atoms with van der Waals surface area (Å²) in [5.41, 5.74) is 0.758. The quantitative estimate of drug-likeness (QED) is 0.776. The number of nitrogens with one attached hydrogen (secondary N) is 2. The average molecular weight is 328 g/mol. The molecule has 0 radical (unpaired) electrons. The van der Waals surface area contributed by atoms with Gasteiger partial charge in [-0.2, -0.15) is 5.10 Å². The van der Waals surface area contributed by atoms with Gasteiger partial charge in [-0.25, -0.2) is 5.10 Å². The number of aromatic amines is 1. The number of amides is 1. The Morgan fingerprint density at radius 1 is 1.17 bits per heavy atom. The van der Waals surface area contributed by atoms with Gasteiger partial charge in [-0.05, 0) is 30.7 Å². The summed E-state index contributed by atoms with van der Waals surface area (Å²) in [6, 6.07) is 13.9. The lowest BCUT2D eigenvalue weighted by molar-refractivity contribution is 0.0935. The summed E-state index contributed by atoms with van der Waals surface area (Å²) in [7, 11) is 0. The SMILES string of the molecule is CC(NC(=O)c1n[nH]c(=O)c2ccccc12)c1cccc(Cl)c1. The summed E-state index contributed by atoms with van der Waals surface area (Å²) in [6.45, 7) is 1.86. The van der Waals surface area contributed by atoms with Gasteiger partial charge in [-0.1, -0.05) is 41.9 Å². The van der Waals surface area contributed by atoms with Crippen LogP contribution in [0, 0.1) is 0 Å². The van der Waals surface area contributed by atoms with Gasteiger partial charge in [0.05, 0.1) is 11.4 Å². The van der Waals surface area contributed by atoms with E-state index in [1.165, 1.54) is 0 Å². The summed E-state index contributed by atoms with van der Waals surface area (Å²) < 4.78 is 0. The van der Waals surface area contributed by atoms with Crippen molar-refractivity contribution in [3.8, 4) is 0 Å². The van der Waals surface area contributed by atoms with E-state index in [-0.39, 0.29) is 23.2 Å². The van der Waals surface area contributed by atoms with Crippen LogP contribution in [-0.2, 0) is 0 Å². The van der Waals surface area contributed by atoms with E-state index in [9.17, 15) is 9.59 Å². The zero-order valence-corrected chi connectivity index (χ0v) is 13.1. The van der Waals surface area contributed by atoms with E-state index in [1.807, 2.05) is 19.1 Å². The van der Waals surface area contributed by atoms with Crippen molar-refractivity contribution in [2.75, 3.05) is 0 Å². The van der Waals surface area contributed by atoms with Crippen LogP contribution in [0.15, 0.2) is 53.3 Å². The normalized spacial score (nSPS) is 12.1. The topological polar surface area (TPSA) is 74.8 Å². The first-order valence-electron chi connectivity index (χ1n) is 7.10. The number of nitrogens with zero attached hydrogens (tertiary/aromatic N) is 1. The van der Waals surface area contributed by atoms with Crippen LogP contribution in [0.25, 0.3) is 10.8 Å². The summed E-state index contributed by atoms with van der Waals surface area (Å²) >= 11 is 5.97. The first-order chi connectivity index (χ1) is 11.1. The molecule has 0 bridgehead atoms. The number of halogens is 1. The Morgan fingerprint density at radius 2 is 1.91 bits per heavy atom. The molecule has 0 saturated heterocycles. The molecule has 1 unspecified atom stereocenters. The van der Waals surface area contributed by atoms with Crippen molar-refractivity contribution in [3.63, 3.8) is 0 Å². The standard InChI is InChI=1S/C17H14ClN3O2/c1-10(11-5-4-6-12(18)9-11)19-17(23)15-13-7-2-3-8-14(13)16(22)21-20-15/h2-10H,1H3,(H,19,23)(H,21,22). The van der Waals surface area contributed by atoms with E-state index in [2.05, 4.69) is 15.5 Å². The molecule has 2 aromatic carbocycles. The molecule has 6 heteroatoms. The van der Waals surface area contributed by atoms with Crippen LogP contribution in [-0.4, -0.2) is 16.1 Å². The van der Waals surface area contributed by atoms with Crippen molar-refractivity contribution in [1.82, 2.24) is 15.5 Å². The van der Waals surface area contributed by atoms with E-state index < -0.39 is 0 Å². The predicted molar refractivity (Wildman–Crippen MR) is 89.7 cm³/mol. The van der Waals surface area contributed by atoms with Crippen LogP contribution in [0.5, 0.6) is 0 Å². The van der Waals surface area contributed by atoms with E-state index in [1.54, 1.807) is 36.4 Å². The molecule has 1 atom stereocenters. The maximum absolute atomic E-state index is 12.5. The van der Waals surface area contributed by atoms with Crippen LogP contribution in [0.4, 0.5) is 0 Å². The molecule has 3 aromatic rings. The fourth-order valence-electron chi connectivity index (χ4n) is 2.41. The van der Waals surface area contributed by atoms with Crippen LogP contribution in [0.1, 0.15) is 29.0 Å². The number of fused-ring (bicyclic) bond motifs is 1. The first kappa shape index (κ1) is 15.2. The number of H-pyrrole nitrogens is 1. The van der Waals surface area contributed by atoms with Crippen molar-refractivity contribution in [3.05, 3.63) is 75.2 Å². The highest BCUT2D eigenvalue weighted by atomic mass is 35.5. The summed E-state index contributed by atoms with van der Waals surface area (Å²) in [4.78, 5) is 24.3. The van der Waals surface area contributed by atoms with Gasteiger partial charge in [0.15, 0.2) is 5.69 Å². The Bertz CT molecular complexity index is 936. The van der Waals surface area contributed by atoms with E-state index in [0.717, 1.165) is 5.56 Å². The smallest absolute Gasteiger partial charge is 0.272 e. The van der Waals surface area contributed by atoms with E-state index >= 15 is 0 Å². The molecule has 1 aromatic heterocycles. The van der Waals surface area contributed by atoms with Gasteiger partial charge in [0, 0.05) is 10.4 Å². The summed E-state index contributed by atoms with van der Waals surface area (Å²) in [5.74, 6) is -0.357. The van der Waals surface area contributed by atoms with Gasteiger partial charge in [0.2, 0.25) is 0 Å². The van der Waals surface area contributed by atoms with Gasteiger partial charge in [-0.3, -0.25) is 9.59 Å². The third-order valence-electron chi connectivity index (χ3n) is 3.61. The third kappa shape index (κ3) is 3.10. The van der Waals surface area contributed by atoms with Crippen LogP contribution in [0.3, 0.4) is 0 Å². The van der Waals surface area contributed by atoms with E-state index in [4.69, 9.17) is 11.6 Å². The molecule has 0 aliphatic rings. The Morgan fingerprint density at radius 3 is 2.65 bits per heavy atom. The minimum atomic E-state index is -0.357. The molecular weight excluding hydrogens is 314 g/mol. The monoisotopic (exact) mass is 327 g/mol.